The van der Waals surface area contributed by atoms with Gasteiger partial charge in [0.1, 0.15) is 0 Å². The zero-order valence-electron chi connectivity index (χ0n) is 15.3. The highest BCUT2D eigenvalue weighted by atomic mass is 35.5. The van der Waals surface area contributed by atoms with E-state index in [4.69, 9.17) is 16.1 Å². The van der Waals surface area contributed by atoms with E-state index in [9.17, 15) is 4.79 Å². The van der Waals surface area contributed by atoms with E-state index in [2.05, 4.69) is 20.4 Å². The van der Waals surface area contributed by atoms with Gasteiger partial charge in [0, 0.05) is 29.7 Å². The van der Waals surface area contributed by atoms with Crippen LogP contribution < -0.4 is 5.32 Å². The molecule has 1 fully saturated rings. The topological polar surface area (TPSA) is 71.3 Å². The van der Waals surface area contributed by atoms with E-state index in [0.717, 1.165) is 30.6 Å². The van der Waals surface area contributed by atoms with E-state index < -0.39 is 0 Å². The molecular weight excluding hydrogens is 376 g/mol. The molecule has 1 aliphatic rings. The molecule has 144 valence electrons. The summed E-state index contributed by atoms with van der Waals surface area (Å²) < 4.78 is 5.36. The fraction of sp³-hybridized carbons (Fsp3) is 0.286. The maximum atomic E-state index is 12.3. The van der Waals surface area contributed by atoms with Crippen LogP contribution in [0.3, 0.4) is 0 Å². The van der Waals surface area contributed by atoms with Gasteiger partial charge in [-0.15, -0.1) is 0 Å². The Morgan fingerprint density at radius 3 is 2.79 bits per heavy atom. The van der Waals surface area contributed by atoms with Crippen LogP contribution in [0.15, 0.2) is 59.1 Å². The molecule has 4 rings (SSSR count). The summed E-state index contributed by atoms with van der Waals surface area (Å²) in [7, 11) is 0. The van der Waals surface area contributed by atoms with Gasteiger partial charge in [0.2, 0.25) is 5.91 Å². The third-order valence-corrected chi connectivity index (χ3v) is 5.17. The van der Waals surface area contributed by atoms with Crippen LogP contribution in [-0.2, 0) is 17.8 Å². The number of aromatic nitrogens is 2. The molecule has 1 aliphatic heterocycles. The van der Waals surface area contributed by atoms with Gasteiger partial charge in [-0.2, -0.15) is 4.98 Å². The van der Waals surface area contributed by atoms with Gasteiger partial charge in [-0.3, -0.25) is 9.69 Å². The second kappa shape index (κ2) is 8.54. The second-order valence-electron chi connectivity index (χ2n) is 6.94. The molecule has 0 saturated carbocycles. The summed E-state index contributed by atoms with van der Waals surface area (Å²) in [6.45, 7) is 2.25. The summed E-state index contributed by atoms with van der Waals surface area (Å²) in [5.74, 6) is 1.17. The minimum atomic E-state index is -0.00845. The molecule has 2 aromatic carbocycles. The Morgan fingerprint density at radius 1 is 1.18 bits per heavy atom. The molecule has 0 radical (unpaired) electrons. The predicted octanol–water partition coefficient (Wildman–Crippen LogP) is 3.32. The van der Waals surface area contributed by atoms with E-state index in [-0.39, 0.29) is 11.9 Å². The lowest BCUT2D eigenvalue weighted by atomic mass is 10.1. The first-order valence-corrected chi connectivity index (χ1v) is 9.68. The van der Waals surface area contributed by atoms with Crippen LogP contribution in [0, 0.1) is 0 Å². The van der Waals surface area contributed by atoms with Crippen molar-refractivity contribution in [2.75, 3.05) is 13.1 Å². The molecule has 3 aromatic rings. The number of hydrogen-bond donors (Lipinski definition) is 1. The van der Waals surface area contributed by atoms with Crippen LogP contribution in [0.25, 0.3) is 11.5 Å². The fourth-order valence-corrected chi connectivity index (χ4v) is 3.61. The number of carbonyl (C=O) groups is 1. The van der Waals surface area contributed by atoms with E-state index in [1.807, 2.05) is 48.5 Å². The minimum absolute atomic E-state index is 0.00845. The van der Waals surface area contributed by atoms with Gasteiger partial charge in [-0.1, -0.05) is 53.2 Å². The van der Waals surface area contributed by atoms with Gasteiger partial charge >= 0.3 is 0 Å². The number of halogens is 1. The summed E-state index contributed by atoms with van der Waals surface area (Å²) in [5, 5.41) is 7.80. The van der Waals surface area contributed by atoms with Gasteiger partial charge in [-0.25, -0.2) is 0 Å². The third kappa shape index (κ3) is 4.58. The number of nitrogens with one attached hydrogen (secondary N) is 1. The lowest BCUT2D eigenvalue weighted by Crippen LogP contribution is -2.37. The first-order chi connectivity index (χ1) is 13.7. The molecule has 1 atom stereocenters. The van der Waals surface area contributed by atoms with E-state index in [0.29, 0.717) is 29.7 Å². The average Bonchev–Trinajstić information content (AvgIpc) is 3.34. The van der Waals surface area contributed by atoms with Gasteiger partial charge in [0.25, 0.3) is 5.89 Å². The average molecular weight is 397 g/mol. The number of amides is 1. The lowest BCUT2D eigenvalue weighted by molar-refractivity contribution is -0.121. The zero-order valence-corrected chi connectivity index (χ0v) is 16.1. The van der Waals surface area contributed by atoms with Crippen LogP contribution in [0.1, 0.15) is 17.8 Å². The van der Waals surface area contributed by atoms with E-state index in [1.165, 1.54) is 0 Å². The van der Waals surface area contributed by atoms with Gasteiger partial charge in [-0.05, 0) is 30.2 Å². The molecule has 0 spiro atoms. The van der Waals surface area contributed by atoms with Crippen molar-refractivity contribution >= 4 is 17.5 Å². The largest absolute Gasteiger partial charge is 0.352 e. The Morgan fingerprint density at radius 2 is 1.96 bits per heavy atom. The Labute approximate surface area is 168 Å². The SMILES string of the molecule is O=C(Cc1ccccc1Cl)N[C@@H]1CCN(Cc2noc(-c3ccccc3)n2)C1. The first-order valence-electron chi connectivity index (χ1n) is 9.30. The van der Waals surface area contributed by atoms with Crippen molar-refractivity contribution in [1.29, 1.82) is 0 Å². The normalized spacial score (nSPS) is 17.0. The quantitative estimate of drug-likeness (QED) is 0.692. The number of hydrogen-bond acceptors (Lipinski definition) is 5. The number of carbonyl (C=O) groups excluding carboxylic acids is 1. The monoisotopic (exact) mass is 396 g/mol. The van der Waals surface area contributed by atoms with Crippen molar-refractivity contribution in [1.82, 2.24) is 20.4 Å². The van der Waals surface area contributed by atoms with Crippen molar-refractivity contribution in [3.63, 3.8) is 0 Å². The molecule has 6 nitrogen and oxygen atoms in total. The molecule has 28 heavy (non-hydrogen) atoms. The molecule has 1 N–H and O–H groups in total. The van der Waals surface area contributed by atoms with E-state index >= 15 is 0 Å². The molecule has 0 aliphatic carbocycles. The van der Waals surface area contributed by atoms with Crippen molar-refractivity contribution in [2.45, 2.75) is 25.4 Å². The van der Waals surface area contributed by atoms with Crippen molar-refractivity contribution < 1.29 is 9.32 Å². The standard InChI is InChI=1S/C21H21ClN4O2/c22-18-9-5-4-8-16(18)12-20(27)23-17-10-11-26(13-17)14-19-24-21(28-25-19)15-6-2-1-3-7-15/h1-9,17H,10-14H2,(H,23,27)/t17-/m1/s1. The molecule has 1 saturated heterocycles. The van der Waals surface area contributed by atoms with Gasteiger partial charge < -0.3 is 9.84 Å². The highest BCUT2D eigenvalue weighted by Crippen LogP contribution is 2.19. The van der Waals surface area contributed by atoms with Crippen LogP contribution in [-0.4, -0.2) is 40.1 Å². The smallest absolute Gasteiger partial charge is 0.257 e. The molecular formula is C21H21ClN4O2. The van der Waals surface area contributed by atoms with Crippen LogP contribution in [0.2, 0.25) is 5.02 Å². The number of nitrogens with zero attached hydrogens (tertiary/aromatic N) is 3. The number of benzene rings is 2. The van der Waals surface area contributed by atoms with Gasteiger partial charge in [0.05, 0.1) is 13.0 Å². The van der Waals surface area contributed by atoms with Crippen LogP contribution in [0.4, 0.5) is 0 Å². The minimum Gasteiger partial charge on any atom is -0.352 e. The molecule has 1 aromatic heterocycles. The lowest BCUT2D eigenvalue weighted by Gasteiger charge is -2.15. The summed E-state index contributed by atoms with van der Waals surface area (Å²) in [5.41, 5.74) is 1.75. The maximum absolute atomic E-state index is 12.3. The molecule has 0 unspecified atom stereocenters. The summed E-state index contributed by atoms with van der Waals surface area (Å²) in [4.78, 5) is 19.0. The maximum Gasteiger partial charge on any atom is 0.257 e. The summed E-state index contributed by atoms with van der Waals surface area (Å²) in [6, 6.07) is 17.3. The molecule has 2 heterocycles. The molecule has 7 heteroatoms. The highest BCUT2D eigenvalue weighted by Gasteiger charge is 2.25. The van der Waals surface area contributed by atoms with E-state index in [1.54, 1.807) is 6.07 Å². The van der Waals surface area contributed by atoms with Crippen LogP contribution in [0.5, 0.6) is 0 Å². The molecule has 1 amide bonds. The fourth-order valence-electron chi connectivity index (χ4n) is 3.40. The van der Waals surface area contributed by atoms with Gasteiger partial charge in [0.15, 0.2) is 5.82 Å². The number of likely N-dealkylation sites (tertiary alicyclic amines) is 1. The summed E-state index contributed by atoms with van der Waals surface area (Å²) >= 11 is 6.13. The van der Waals surface area contributed by atoms with Crippen molar-refractivity contribution in [3.8, 4) is 11.5 Å². The Balaban J connectivity index is 1.28. The summed E-state index contributed by atoms with van der Waals surface area (Å²) in [6.07, 6.45) is 1.19. The van der Waals surface area contributed by atoms with Crippen molar-refractivity contribution in [3.05, 3.63) is 71.0 Å². The van der Waals surface area contributed by atoms with Crippen LogP contribution >= 0.6 is 11.6 Å². The Hall–Kier alpha value is -2.70. The number of rotatable bonds is 6. The third-order valence-electron chi connectivity index (χ3n) is 4.80. The first kappa shape index (κ1) is 18.7. The highest BCUT2D eigenvalue weighted by molar-refractivity contribution is 6.31. The second-order valence-corrected chi connectivity index (χ2v) is 7.35. The Kier molecular flexibility index (Phi) is 5.69. The predicted molar refractivity (Wildman–Crippen MR) is 107 cm³/mol. The Bertz CT molecular complexity index is 944. The zero-order chi connectivity index (χ0) is 19.3. The van der Waals surface area contributed by atoms with Crippen molar-refractivity contribution in [2.24, 2.45) is 0 Å². The molecule has 0 bridgehead atoms.